The van der Waals surface area contributed by atoms with Gasteiger partial charge >= 0.3 is 5.97 Å². The van der Waals surface area contributed by atoms with Crippen LogP contribution in [0.2, 0.25) is 5.02 Å². The van der Waals surface area contributed by atoms with Crippen LogP contribution in [0.1, 0.15) is 28.4 Å². The van der Waals surface area contributed by atoms with Crippen molar-refractivity contribution >= 4 is 23.5 Å². The van der Waals surface area contributed by atoms with E-state index in [1.54, 1.807) is 28.3 Å². The first-order chi connectivity index (χ1) is 17.8. The number of benzene rings is 3. The average Bonchev–Trinajstić information content (AvgIpc) is 2.88. The van der Waals surface area contributed by atoms with Crippen molar-refractivity contribution < 1.29 is 32.9 Å². The van der Waals surface area contributed by atoms with E-state index in [9.17, 15) is 14.0 Å². The van der Waals surface area contributed by atoms with E-state index in [-0.39, 0.29) is 23.6 Å². The van der Waals surface area contributed by atoms with Gasteiger partial charge in [-0.25, -0.2) is 9.18 Å². The molecule has 0 fully saturated rings. The fourth-order valence-electron chi connectivity index (χ4n) is 3.93. The third-order valence-corrected chi connectivity index (χ3v) is 5.94. The van der Waals surface area contributed by atoms with Crippen molar-refractivity contribution in [3.05, 3.63) is 82.1 Å². The Morgan fingerprint density at radius 1 is 0.973 bits per heavy atom. The van der Waals surface area contributed by atoms with Gasteiger partial charge in [0.1, 0.15) is 23.4 Å². The molecule has 1 N–H and O–H groups in total. The minimum atomic E-state index is -1.05. The number of methoxy groups -OCH3 is 3. The normalized spacial score (nSPS) is 11.5. The Hall–Kier alpha value is -3.62. The number of amides is 1. The summed E-state index contributed by atoms with van der Waals surface area (Å²) in [6, 6.07) is 14.0. The molecule has 0 aliphatic heterocycles. The molecule has 196 valence electrons. The van der Waals surface area contributed by atoms with Gasteiger partial charge in [-0.15, -0.1) is 0 Å². The van der Waals surface area contributed by atoms with Crippen LogP contribution in [-0.4, -0.2) is 45.9 Å². The van der Waals surface area contributed by atoms with Gasteiger partial charge < -0.3 is 24.3 Å². The molecule has 7 nitrogen and oxygen atoms in total. The zero-order valence-electron chi connectivity index (χ0n) is 21.1. The third-order valence-electron chi connectivity index (χ3n) is 5.63. The lowest BCUT2D eigenvalue weighted by atomic mass is 9.98. The summed E-state index contributed by atoms with van der Waals surface area (Å²) in [7, 11) is 4.78. The number of esters is 1. The SMILES string of the molecule is CCOC(=O)[C@H](Cc1ccc(-c2c(OC)cc(COC)cc2OC)cc1)NC(=O)c1c(F)cccc1Cl. The predicted molar refractivity (Wildman–Crippen MR) is 139 cm³/mol. The number of carbonyl (C=O) groups is 2. The summed E-state index contributed by atoms with van der Waals surface area (Å²) < 4.78 is 35.8. The van der Waals surface area contributed by atoms with Crippen LogP contribution in [0.3, 0.4) is 0 Å². The summed E-state index contributed by atoms with van der Waals surface area (Å²) in [6.07, 6.45) is 0.123. The van der Waals surface area contributed by atoms with Crippen LogP contribution < -0.4 is 14.8 Å². The van der Waals surface area contributed by atoms with Crippen molar-refractivity contribution in [2.75, 3.05) is 27.9 Å². The zero-order valence-corrected chi connectivity index (χ0v) is 21.9. The molecular formula is C28H29ClFNO6. The van der Waals surface area contributed by atoms with Crippen molar-refractivity contribution in [3.8, 4) is 22.6 Å². The molecule has 0 aromatic heterocycles. The van der Waals surface area contributed by atoms with Gasteiger partial charge in [-0.3, -0.25) is 4.79 Å². The largest absolute Gasteiger partial charge is 0.496 e. The van der Waals surface area contributed by atoms with Crippen molar-refractivity contribution in [2.24, 2.45) is 0 Å². The number of carbonyl (C=O) groups excluding carboxylic acids is 2. The lowest BCUT2D eigenvalue weighted by Gasteiger charge is -2.19. The van der Waals surface area contributed by atoms with E-state index < -0.39 is 23.7 Å². The van der Waals surface area contributed by atoms with Crippen LogP contribution in [0.5, 0.6) is 11.5 Å². The Labute approximate surface area is 220 Å². The maximum Gasteiger partial charge on any atom is 0.328 e. The first kappa shape index (κ1) is 28.0. The molecule has 3 aromatic rings. The Kier molecular flexibility index (Phi) is 9.88. The molecule has 0 saturated carbocycles. The van der Waals surface area contributed by atoms with Gasteiger partial charge in [0.2, 0.25) is 0 Å². The zero-order chi connectivity index (χ0) is 26.9. The van der Waals surface area contributed by atoms with E-state index >= 15 is 0 Å². The summed E-state index contributed by atoms with van der Waals surface area (Å²) in [5, 5.41) is 2.51. The fraction of sp³-hybridized carbons (Fsp3) is 0.286. The van der Waals surface area contributed by atoms with E-state index in [1.807, 2.05) is 36.4 Å². The minimum Gasteiger partial charge on any atom is -0.496 e. The monoisotopic (exact) mass is 529 g/mol. The van der Waals surface area contributed by atoms with Gasteiger partial charge in [0.15, 0.2) is 0 Å². The Morgan fingerprint density at radius 3 is 2.16 bits per heavy atom. The van der Waals surface area contributed by atoms with E-state index in [4.69, 9.17) is 30.5 Å². The molecule has 1 amide bonds. The molecule has 0 unspecified atom stereocenters. The Bertz CT molecular complexity index is 1200. The topological polar surface area (TPSA) is 83.1 Å². The van der Waals surface area contributed by atoms with Crippen LogP contribution in [0.15, 0.2) is 54.6 Å². The highest BCUT2D eigenvalue weighted by Crippen LogP contribution is 2.40. The first-order valence-corrected chi connectivity index (χ1v) is 11.9. The van der Waals surface area contributed by atoms with Gasteiger partial charge in [0, 0.05) is 13.5 Å². The quantitative estimate of drug-likeness (QED) is 0.343. The third kappa shape index (κ3) is 6.78. The summed E-state index contributed by atoms with van der Waals surface area (Å²) in [6.45, 7) is 2.20. The second kappa shape index (κ2) is 13.1. The molecule has 0 bridgehead atoms. The molecule has 0 spiro atoms. The maximum atomic E-state index is 14.2. The van der Waals surface area contributed by atoms with Gasteiger partial charge in [-0.2, -0.15) is 0 Å². The summed E-state index contributed by atoms with van der Waals surface area (Å²) in [5.74, 6) is -0.973. The summed E-state index contributed by atoms with van der Waals surface area (Å²) >= 11 is 6.02. The molecular weight excluding hydrogens is 501 g/mol. The Morgan fingerprint density at radius 2 is 1.62 bits per heavy atom. The van der Waals surface area contributed by atoms with Crippen molar-refractivity contribution in [3.63, 3.8) is 0 Å². The minimum absolute atomic E-state index is 0.0520. The first-order valence-electron chi connectivity index (χ1n) is 11.6. The van der Waals surface area contributed by atoms with Crippen molar-refractivity contribution in [1.29, 1.82) is 0 Å². The van der Waals surface area contributed by atoms with Gasteiger partial charge in [-0.1, -0.05) is 41.9 Å². The maximum absolute atomic E-state index is 14.2. The van der Waals surface area contributed by atoms with Crippen LogP contribution in [0, 0.1) is 5.82 Å². The highest BCUT2D eigenvalue weighted by molar-refractivity contribution is 6.33. The molecule has 0 radical (unpaired) electrons. The van der Waals surface area contributed by atoms with E-state index in [0.29, 0.717) is 18.1 Å². The number of rotatable bonds is 11. The number of hydrogen-bond acceptors (Lipinski definition) is 6. The smallest absolute Gasteiger partial charge is 0.328 e. The molecule has 37 heavy (non-hydrogen) atoms. The van der Waals surface area contributed by atoms with Crippen LogP contribution in [0.25, 0.3) is 11.1 Å². The highest BCUT2D eigenvalue weighted by Gasteiger charge is 2.26. The van der Waals surface area contributed by atoms with Crippen LogP contribution >= 0.6 is 11.6 Å². The average molecular weight is 530 g/mol. The number of hydrogen-bond donors (Lipinski definition) is 1. The molecule has 0 aliphatic rings. The number of ether oxygens (including phenoxy) is 4. The second-order valence-electron chi connectivity index (χ2n) is 8.08. The summed E-state index contributed by atoms with van der Waals surface area (Å²) in [4.78, 5) is 25.4. The van der Waals surface area contributed by atoms with E-state index in [1.165, 1.54) is 12.1 Å². The molecule has 0 aliphatic carbocycles. The second-order valence-corrected chi connectivity index (χ2v) is 8.49. The molecule has 1 atom stereocenters. The lowest BCUT2D eigenvalue weighted by molar-refractivity contribution is -0.145. The Balaban J connectivity index is 1.88. The highest BCUT2D eigenvalue weighted by atomic mass is 35.5. The summed E-state index contributed by atoms with van der Waals surface area (Å²) in [5.41, 5.74) is 2.91. The van der Waals surface area contributed by atoms with Gasteiger partial charge in [0.25, 0.3) is 5.91 Å². The van der Waals surface area contributed by atoms with Gasteiger partial charge in [0.05, 0.1) is 43.6 Å². The fourth-order valence-corrected chi connectivity index (χ4v) is 4.17. The standard InChI is InChI=1S/C28H29ClFNO6/c1-5-37-28(33)22(31-27(32)26-20(29)7-6-8-21(26)30)13-17-9-11-19(12-10-17)25-23(35-3)14-18(16-34-2)15-24(25)36-4/h6-12,14-15,22H,5,13,16H2,1-4H3,(H,31,32)/t22-/m0/s1. The lowest BCUT2D eigenvalue weighted by Crippen LogP contribution is -2.43. The number of halogens is 2. The molecule has 9 heteroatoms. The predicted octanol–water partition coefficient (Wildman–Crippen LogP) is 5.21. The molecule has 3 rings (SSSR count). The van der Waals surface area contributed by atoms with Crippen LogP contribution in [0.4, 0.5) is 4.39 Å². The van der Waals surface area contributed by atoms with E-state index in [2.05, 4.69) is 5.32 Å². The number of nitrogens with one attached hydrogen (secondary N) is 1. The molecule has 0 saturated heterocycles. The van der Waals surface area contributed by atoms with Crippen LogP contribution in [-0.2, 0) is 27.3 Å². The van der Waals surface area contributed by atoms with Gasteiger partial charge in [-0.05, 0) is 47.9 Å². The molecule has 3 aromatic carbocycles. The van der Waals surface area contributed by atoms with Crippen molar-refractivity contribution in [1.82, 2.24) is 5.32 Å². The van der Waals surface area contributed by atoms with Crippen molar-refractivity contribution in [2.45, 2.75) is 26.0 Å². The molecule has 0 heterocycles. The van der Waals surface area contributed by atoms with E-state index in [0.717, 1.165) is 28.3 Å².